The fraction of sp³-hybridized carbons (Fsp3) is 0.250. The van der Waals surface area contributed by atoms with Crippen LogP contribution in [0.1, 0.15) is 30.9 Å². The molecule has 1 aromatic heterocycles. The molecule has 0 N–H and O–H groups in total. The monoisotopic (exact) mass is 282 g/mol. The Labute approximate surface area is 121 Å². The van der Waals surface area contributed by atoms with E-state index in [4.69, 9.17) is 0 Å². The van der Waals surface area contributed by atoms with Gasteiger partial charge in [-0.2, -0.15) is 5.26 Å². The first-order valence-electron chi connectivity index (χ1n) is 6.42. The number of nitriles is 1. The summed E-state index contributed by atoms with van der Waals surface area (Å²) < 4.78 is 1.36. The highest BCUT2D eigenvalue weighted by molar-refractivity contribution is 6.09. The molecule has 0 atom stereocenters. The van der Waals surface area contributed by atoms with Gasteiger partial charge in [-0.15, -0.1) is 0 Å². The molecular weight excluding hydrogens is 268 g/mol. The zero-order valence-corrected chi connectivity index (χ0v) is 12.0. The van der Waals surface area contributed by atoms with Gasteiger partial charge in [0.05, 0.1) is 5.52 Å². The van der Waals surface area contributed by atoms with Crippen LogP contribution in [-0.2, 0) is 16.6 Å². The summed E-state index contributed by atoms with van der Waals surface area (Å²) in [4.78, 5) is 36.0. The Balaban J connectivity index is 3.07. The smallest absolute Gasteiger partial charge is 0.269 e. The van der Waals surface area contributed by atoms with Crippen LogP contribution in [0.15, 0.2) is 29.1 Å². The number of pyridine rings is 1. The van der Waals surface area contributed by atoms with Crippen LogP contribution < -0.4 is 5.56 Å². The number of Topliss-reactive ketones (excluding diaryl/α,β-unsaturated/α-hetero) is 2. The Bertz CT molecular complexity index is 842. The average molecular weight is 282 g/mol. The number of ketones is 2. The second kappa shape index (κ2) is 5.33. The third-order valence-electron chi connectivity index (χ3n) is 3.56. The van der Waals surface area contributed by atoms with Gasteiger partial charge in [-0.05, 0) is 19.9 Å². The molecule has 0 saturated carbocycles. The SMILES string of the molecule is CC(=O)C(C(C)=O)c1c(C#N)c(=O)n(C)c2ccccc12. The molecule has 1 heterocycles. The summed E-state index contributed by atoms with van der Waals surface area (Å²) in [6.07, 6.45) is 0. The number of hydrogen-bond donors (Lipinski definition) is 0. The summed E-state index contributed by atoms with van der Waals surface area (Å²) in [5, 5.41) is 9.89. The lowest BCUT2D eigenvalue weighted by atomic mass is 9.86. The fourth-order valence-electron chi connectivity index (χ4n) is 2.62. The summed E-state index contributed by atoms with van der Waals surface area (Å²) in [7, 11) is 1.56. The predicted molar refractivity (Wildman–Crippen MR) is 78.0 cm³/mol. The molecule has 0 spiro atoms. The molecule has 0 fully saturated rings. The van der Waals surface area contributed by atoms with Crippen molar-refractivity contribution in [1.29, 1.82) is 5.26 Å². The molecular formula is C16H14N2O3. The van der Waals surface area contributed by atoms with E-state index in [1.54, 1.807) is 31.3 Å². The highest BCUT2D eigenvalue weighted by atomic mass is 16.2. The molecule has 0 amide bonds. The summed E-state index contributed by atoms with van der Waals surface area (Å²) in [5.41, 5.74) is 0.158. The number of carbonyl (C=O) groups is 2. The first kappa shape index (κ1) is 14.7. The van der Waals surface area contributed by atoms with Crippen molar-refractivity contribution in [3.05, 3.63) is 45.7 Å². The first-order chi connectivity index (χ1) is 9.90. The molecule has 0 radical (unpaired) electrons. The van der Waals surface area contributed by atoms with Gasteiger partial charge in [-0.3, -0.25) is 14.4 Å². The van der Waals surface area contributed by atoms with Crippen molar-refractivity contribution < 1.29 is 9.59 Å². The van der Waals surface area contributed by atoms with Gasteiger partial charge < -0.3 is 4.57 Å². The van der Waals surface area contributed by atoms with Gasteiger partial charge in [0.25, 0.3) is 5.56 Å². The molecule has 0 unspecified atom stereocenters. The van der Waals surface area contributed by atoms with Crippen molar-refractivity contribution in [1.82, 2.24) is 4.57 Å². The highest BCUT2D eigenvalue weighted by Crippen LogP contribution is 2.28. The number of benzene rings is 1. The van der Waals surface area contributed by atoms with Crippen molar-refractivity contribution in [2.45, 2.75) is 19.8 Å². The molecule has 21 heavy (non-hydrogen) atoms. The van der Waals surface area contributed by atoms with E-state index in [1.807, 2.05) is 6.07 Å². The molecule has 5 nitrogen and oxygen atoms in total. The van der Waals surface area contributed by atoms with E-state index in [9.17, 15) is 19.6 Å². The van der Waals surface area contributed by atoms with Gasteiger partial charge >= 0.3 is 0 Å². The number of aromatic nitrogens is 1. The minimum atomic E-state index is -1.08. The van der Waals surface area contributed by atoms with Crippen molar-refractivity contribution >= 4 is 22.5 Å². The first-order valence-corrected chi connectivity index (χ1v) is 6.42. The lowest BCUT2D eigenvalue weighted by Gasteiger charge is -2.17. The van der Waals surface area contributed by atoms with Crippen molar-refractivity contribution in [3.8, 4) is 6.07 Å². The number of nitrogens with zero attached hydrogens (tertiary/aromatic N) is 2. The molecule has 1 aromatic carbocycles. The molecule has 0 aliphatic heterocycles. The summed E-state index contributed by atoms with van der Waals surface area (Å²) >= 11 is 0. The Morgan fingerprint density at radius 2 is 1.76 bits per heavy atom. The van der Waals surface area contributed by atoms with Crippen LogP contribution in [0.2, 0.25) is 0 Å². The lowest BCUT2D eigenvalue weighted by Crippen LogP contribution is -2.27. The third-order valence-corrected chi connectivity index (χ3v) is 3.56. The number of hydrogen-bond acceptors (Lipinski definition) is 4. The van der Waals surface area contributed by atoms with Gasteiger partial charge in [0, 0.05) is 18.0 Å². The normalized spacial score (nSPS) is 10.6. The molecule has 5 heteroatoms. The van der Waals surface area contributed by atoms with E-state index >= 15 is 0 Å². The second-order valence-electron chi connectivity index (χ2n) is 4.94. The topological polar surface area (TPSA) is 79.9 Å². The van der Waals surface area contributed by atoms with Crippen molar-refractivity contribution in [3.63, 3.8) is 0 Å². The van der Waals surface area contributed by atoms with Gasteiger partial charge in [0.15, 0.2) is 0 Å². The van der Waals surface area contributed by atoms with Gasteiger partial charge in [0.1, 0.15) is 29.1 Å². The van der Waals surface area contributed by atoms with E-state index in [0.717, 1.165) is 0 Å². The molecule has 0 bridgehead atoms. The maximum Gasteiger partial charge on any atom is 0.269 e. The quantitative estimate of drug-likeness (QED) is 0.802. The predicted octanol–water partition coefficient (Wildman–Crippen LogP) is 1.67. The van der Waals surface area contributed by atoms with Crippen LogP contribution >= 0.6 is 0 Å². The Kier molecular flexibility index (Phi) is 3.72. The number of aryl methyl sites for hydroxylation is 1. The van der Waals surface area contributed by atoms with Crippen LogP contribution in [-0.4, -0.2) is 16.1 Å². The molecule has 0 aliphatic carbocycles. The lowest BCUT2D eigenvalue weighted by molar-refractivity contribution is -0.126. The average Bonchev–Trinajstić information content (AvgIpc) is 2.44. The van der Waals surface area contributed by atoms with Crippen LogP contribution in [0.4, 0.5) is 0 Å². The third kappa shape index (κ3) is 2.25. The van der Waals surface area contributed by atoms with E-state index in [1.165, 1.54) is 18.4 Å². The number of para-hydroxylation sites is 1. The van der Waals surface area contributed by atoms with Gasteiger partial charge in [-0.25, -0.2) is 0 Å². The van der Waals surface area contributed by atoms with Crippen molar-refractivity contribution in [2.24, 2.45) is 7.05 Å². The molecule has 2 rings (SSSR count). The van der Waals surface area contributed by atoms with Crippen molar-refractivity contribution in [2.75, 3.05) is 0 Å². The largest absolute Gasteiger partial charge is 0.310 e. The Morgan fingerprint density at radius 3 is 2.29 bits per heavy atom. The van der Waals surface area contributed by atoms with Gasteiger partial charge in [0.2, 0.25) is 0 Å². The maximum absolute atomic E-state index is 12.3. The minimum absolute atomic E-state index is 0.147. The van der Waals surface area contributed by atoms with E-state index in [-0.39, 0.29) is 22.7 Å². The summed E-state index contributed by atoms with van der Waals surface area (Å²) in [5.74, 6) is -1.84. The summed E-state index contributed by atoms with van der Waals surface area (Å²) in [6.45, 7) is 2.58. The minimum Gasteiger partial charge on any atom is -0.310 e. The van der Waals surface area contributed by atoms with Crippen LogP contribution in [0, 0.1) is 11.3 Å². The fourth-order valence-corrected chi connectivity index (χ4v) is 2.62. The zero-order valence-electron chi connectivity index (χ0n) is 12.0. The second-order valence-corrected chi connectivity index (χ2v) is 4.94. The maximum atomic E-state index is 12.3. The van der Waals surface area contributed by atoms with Crippen LogP contribution in [0.5, 0.6) is 0 Å². The molecule has 0 saturated heterocycles. The highest BCUT2D eigenvalue weighted by Gasteiger charge is 2.29. The number of rotatable bonds is 3. The zero-order chi connectivity index (χ0) is 15.7. The number of fused-ring (bicyclic) bond motifs is 1. The van der Waals surface area contributed by atoms with E-state index < -0.39 is 11.5 Å². The van der Waals surface area contributed by atoms with E-state index in [0.29, 0.717) is 10.9 Å². The molecule has 106 valence electrons. The molecule has 2 aromatic rings. The number of carbonyl (C=O) groups excluding carboxylic acids is 2. The van der Waals surface area contributed by atoms with Crippen LogP contribution in [0.3, 0.4) is 0 Å². The Hall–Kier alpha value is -2.74. The Morgan fingerprint density at radius 1 is 1.19 bits per heavy atom. The standard InChI is InChI=1S/C16H14N2O3/c1-9(19)14(10(2)20)15-11-6-4-5-7-13(11)18(3)16(21)12(15)8-17/h4-7,14H,1-3H3. The van der Waals surface area contributed by atoms with Gasteiger partial charge in [-0.1, -0.05) is 18.2 Å². The summed E-state index contributed by atoms with van der Waals surface area (Å²) in [6, 6.07) is 8.79. The van der Waals surface area contributed by atoms with Crippen LogP contribution in [0.25, 0.3) is 10.9 Å². The van der Waals surface area contributed by atoms with E-state index in [2.05, 4.69) is 0 Å². The molecule has 0 aliphatic rings.